The summed E-state index contributed by atoms with van der Waals surface area (Å²) in [6, 6.07) is 68.7. The minimum absolute atomic E-state index is 0.527. The van der Waals surface area contributed by atoms with Gasteiger partial charge in [-0.25, -0.2) is 9.97 Å². The predicted octanol–water partition coefficient (Wildman–Crippen LogP) is 12.8. The highest BCUT2D eigenvalue weighted by Gasteiger charge is 2.21. The molecule has 11 aromatic rings. The van der Waals surface area contributed by atoms with Crippen LogP contribution in [0.1, 0.15) is 22.3 Å². The molecule has 0 unspecified atom stereocenters. The van der Waals surface area contributed by atoms with Gasteiger partial charge in [-0.1, -0.05) is 78.9 Å². The van der Waals surface area contributed by atoms with E-state index in [2.05, 4.69) is 81.9 Å². The second-order valence-corrected chi connectivity index (χ2v) is 15.5. The van der Waals surface area contributed by atoms with Crippen molar-refractivity contribution in [3.8, 4) is 80.7 Å². The zero-order valence-electron chi connectivity index (χ0n) is 33.9. The second-order valence-electron chi connectivity index (χ2n) is 15.5. The highest BCUT2D eigenvalue weighted by Crippen LogP contribution is 2.41. The first kappa shape index (κ1) is 37.4. The minimum atomic E-state index is 0.527. The molecule has 0 saturated carbocycles. The Morgan fingerprint density at radius 3 is 1.30 bits per heavy atom. The molecular formula is C56H30N8. The van der Waals surface area contributed by atoms with Gasteiger partial charge in [-0.3, -0.25) is 0 Å². The molecule has 0 bridgehead atoms. The highest BCUT2D eigenvalue weighted by molar-refractivity contribution is 6.12. The van der Waals surface area contributed by atoms with Crippen LogP contribution >= 0.6 is 0 Å². The number of benzene rings is 8. The van der Waals surface area contributed by atoms with Gasteiger partial charge in [-0.15, -0.1) is 0 Å². The third kappa shape index (κ3) is 6.20. The molecule has 0 N–H and O–H groups in total. The number of aromatic nitrogens is 4. The van der Waals surface area contributed by atoms with Gasteiger partial charge in [0.25, 0.3) is 0 Å². The SMILES string of the molecule is N#Cc1ccc2c(c1)c1cc(C#N)ccc1n2-c1cccc(-c2cc(-c3cc(-c4ccccc4)nc(-c4ccccc4)n3)ccc2-n2c3ccc(C#N)cc3c3cc(C#N)ccc32)c1. The lowest BCUT2D eigenvalue weighted by Crippen LogP contribution is -2.00. The van der Waals surface area contributed by atoms with Crippen LogP contribution in [0.4, 0.5) is 0 Å². The van der Waals surface area contributed by atoms with E-state index in [-0.39, 0.29) is 0 Å². The maximum Gasteiger partial charge on any atom is 0.160 e. The first-order valence-electron chi connectivity index (χ1n) is 20.5. The zero-order chi connectivity index (χ0) is 43.3. The molecule has 0 spiro atoms. The van der Waals surface area contributed by atoms with Crippen LogP contribution in [0.2, 0.25) is 0 Å². The Kier molecular flexibility index (Phi) is 8.85. The van der Waals surface area contributed by atoms with Crippen LogP contribution in [0, 0.1) is 45.3 Å². The molecule has 8 aromatic carbocycles. The van der Waals surface area contributed by atoms with Crippen LogP contribution in [0.25, 0.3) is 100 Å². The normalized spacial score (nSPS) is 11.1. The van der Waals surface area contributed by atoms with Gasteiger partial charge in [0, 0.05) is 49.5 Å². The number of nitrogens with zero attached hydrogens (tertiary/aromatic N) is 8. The molecular weight excluding hydrogens is 785 g/mol. The van der Waals surface area contributed by atoms with Gasteiger partial charge >= 0.3 is 0 Å². The Bertz CT molecular complexity index is 3690. The minimum Gasteiger partial charge on any atom is -0.309 e. The number of fused-ring (bicyclic) bond motifs is 6. The van der Waals surface area contributed by atoms with Crippen LogP contribution in [0.15, 0.2) is 182 Å². The molecule has 8 heteroatoms. The smallest absolute Gasteiger partial charge is 0.160 e. The van der Waals surface area contributed by atoms with E-state index in [4.69, 9.17) is 9.97 Å². The standard InChI is InChI=1S/C56H30N8/c57-31-35-14-19-52-45(24-35)46-25-36(32-58)15-20-53(46)63(52)43-13-7-12-41(28-43)44-29-42(50-30-49(39-8-3-1-4-9-39)61-56(62-50)40-10-5-2-6-11-40)18-23-51(44)64-54-21-16-37(33-59)26-47(54)48-27-38(34-60)17-22-55(48)64/h1-30H. The fourth-order valence-electron chi connectivity index (χ4n) is 8.86. The molecule has 0 saturated heterocycles. The summed E-state index contributed by atoms with van der Waals surface area (Å²) in [6.07, 6.45) is 0. The van der Waals surface area contributed by atoms with E-state index in [1.165, 1.54) is 0 Å². The summed E-state index contributed by atoms with van der Waals surface area (Å²) >= 11 is 0. The summed E-state index contributed by atoms with van der Waals surface area (Å²) in [4.78, 5) is 10.2. The first-order valence-corrected chi connectivity index (χ1v) is 20.5. The molecule has 0 aliphatic heterocycles. The van der Waals surface area contributed by atoms with Crippen LogP contribution in [-0.4, -0.2) is 19.1 Å². The second kappa shape index (κ2) is 15.1. The van der Waals surface area contributed by atoms with E-state index >= 15 is 0 Å². The molecule has 294 valence electrons. The van der Waals surface area contributed by atoms with E-state index in [9.17, 15) is 21.0 Å². The summed E-state index contributed by atoms with van der Waals surface area (Å²) in [5, 5.41) is 43.1. The molecule has 3 aromatic heterocycles. The summed E-state index contributed by atoms with van der Waals surface area (Å²) < 4.78 is 4.38. The molecule has 0 aliphatic carbocycles. The summed E-state index contributed by atoms with van der Waals surface area (Å²) in [5.74, 6) is 0.610. The molecule has 0 radical (unpaired) electrons. The van der Waals surface area contributed by atoms with Gasteiger partial charge in [0.2, 0.25) is 0 Å². The van der Waals surface area contributed by atoms with Crippen molar-refractivity contribution in [1.29, 1.82) is 21.0 Å². The summed E-state index contributed by atoms with van der Waals surface area (Å²) in [6.45, 7) is 0. The van der Waals surface area contributed by atoms with E-state index in [0.29, 0.717) is 28.1 Å². The van der Waals surface area contributed by atoms with Crippen molar-refractivity contribution in [3.05, 3.63) is 204 Å². The van der Waals surface area contributed by atoms with Crippen LogP contribution in [-0.2, 0) is 0 Å². The maximum atomic E-state index is 9.95. The van der Waals surface area contributed by atoms with Crippen LogP contribution < -0.4 is 0 Å². The Labute approximate surface area is 367 Å². The molecule has 0 amide bonds. The van der Waals surface area contributed by atoms with Gasteiger partial charge < -0.3 is 9.13 Å². The quantitative estimate of drug-likeness (QED) is 0.164. The first-order chi connectivity index (χ1) is 31.5. The van der Waals surface area contributed by atoms with Crippen LogP contribution in [0.3, 0.4) is 0 Å². The lowest BCUT2D eigenvalue weighted by Gasteiger charge is -2.18. The van der Waals surface area contributed by atoms with Crippen molar-refractivity contribution in [2.75, 3.05) is 0 Å². The van der Waals surface area contributed by atoms with Gasteiger partial charge in [-0.2, -0.15) is 21.0 Å². The number of hydrogen-bond donors (Lipinski definition) is 0. The van der Waals surface area contributed by atoms with E-state index < -0.39 is 0 Å². The third-order valence-electron chi connectivity index (χ3n) is 11.8. The highest BCUT2D eigenvalue weighted by atomic mass is 15.0. The van der Waals surface area contributed by atoms with Crippen molar-refractivity contribution in [3.63, 3.8) is 0 Å². The molecule has 8 nitrogen and oxygen atoms in total. The zero-order valence-corrected chi connectivity index (χ0v) is 33.9. The lowest BCUT2D eigenvalue weighted by atomic mass is 9.97. The lowest BCUT2D eigenvalue weighted by molar-refractivity contribution is 1.16. The fourth-order valence-corrected chi connectivity index (χ4v) is 8.86. The Morgan fingerprint density at radius 1 is 0.344 bits per heavy atom. The predicted molar refractivity (Wildman–Crippen MR) is 251 cm³/mol. The van der Waals surface area contributed by atoms with Gasteiger partial charge in [0.1, 0.15) is 0 Å². The molecule has 0 atom stereocenters. The van der Waals surface area contributed by atoms with Gasteiger partial charge in [0.15, 0.2) is 5.82 Å². The van der Waals surface area contributed by atoms with Crippen LogP contribution in [0.5, 0.6) is 0 Å². The number of nitriles is 4. The molecule has 64 heavy (non-hydrogen) atoms. The molecule has 0 fully saturated rings. The molecule has 0 aliphatic rings. The topological polar surface area (TPSA) is 131 Å². The van der Waals surface area contributed by atoms with Gasteiger partial charge in [-0.05, 0) is 109 Å². The van der Waals surface area contributed by atoms with Gasteiger partial charge in [0.05, 0.1) is 85.7 Å². The Morgan fingerprint density at radius 2 is 0.797 bits per heavy atom. The molecule has 3 heterocycles. The van der Waals surface area contributed by atoms with Crippen molar-refractivity contribution in [2.24, 2.45) is 0 Å². The van der Waals surface area contributed by atoms with Crippen molar-refractivity contribution < 1.29 is 0 Å². The summed E-state index contributed by atoms with van der Waals surface area (Å²) in [5.41, 5.74) is 13.6. The monoisotopic (exact) mass is 814 g/mol. The summed E-state index contributed by atoms with van der Waals surface area (Å²) in [7, 11) is 0. The van der Waals surface area contributed by atoms with E-state index in [1.54, 1.807) is 0 Å². The average Bonchev–Trinajstić information content (AvgIpc) is 3.87. The van der Waals surface area contributed by atoms with Crippen molar-refractivity contribution in [2.45, 2.75) is 0 Å². The van der Waals surface area contributed by atoms with Crippen molar-refractivity contribution >= 4 is 43.6 Å². The fraction of sp³-hybridized carbons (Fsp3) is 0. The Hall–Kier alpha value is -9.60. The number of hydrogen-bond acceptors (Lipinski definition) is 6. The van der Waals surface area contributed by atoms with E-state index in [0.717, 1.165) is 94.2 Å². The largest absolute Gasteiger partial charge is 0.309 e. The maximum absolute atomic E-state index is 9.95. The average molecular weight is 815 g/mol. The Balaban J connectivity index is 1.19. The third-order valence-corrected chi connectivity index (χ3v) is 11.8. The number of rotatable bonds is 6. The molecule has 11 rings (SSSR count). The van der Waals surface area contributed by atoms with Crippen molar-refractivity contribution in [1.82, 2.24) is 19.1 Å². The van der Waals surface area contributed by atoms with E-state index in [1.807, 2.05) is 133 Å².